The fourth-order valence-electron chi connectivity index (χ4n) is 2.10. The van der Waals surface area contributed by atoms with Gasteiger partial charge < -0.3 is 15.2 Å². The Balaban J connectivity index is 1.85. The Morgan fingerprint density at radius 2 is 2.42 bits per heavy atom. The largest absolute Gasteiger partial charge is 0.478 e. The molecule has 0 bridgehead atoms. The molecule has 0 spiro atoms. The van der Waals surface area contributed by atoms with Gasteiger partial charge in [-0.1, -0.05) is 11.6 Å². The molecule has 0 radical (unpaired) electrons. The standard InChI is InChI=1S/C13H17ClN2O3/c14-11-8-16-12(7-10(11)13(17)18)15-5-4-9-3-1-2-6-19-9/h7-9H,1-6H2,(H,15,16)(H,17,18). The number of aromatic nitrogens is 1. The molecule has 1 unspecified atom stereocenters. The highest BCUT2D eigenvalue weighted by Gasteiger charge is 2.14. The fraction of sp³-hybridized carbons (Fsp3) is 0.538. The minimum Gasteiger partial charge on any atom is -0.478 e. The quantitative estimate of drug-likeness (QED) is 0.870. The first kappa shape index (κ1) is 14.1. The van der Waals surface area contributed by atoms with Gasteiger partial charge in [0.15, 0.2) is 0 Å². The maximum atomic E-state index is 10.9. The summed E-state index contributed by atoms with van der Waals surface area (Å²) in [6.45, 7) is 1.55. The average Bonchev–Trinajstić information content (AvgIpc) is 2.41. The summed E-state index contributed by atoms with van der Waals surface area (Å²) < 4.78 is 5.62. The van der Waals surface area contributed by atoms with Gasteiger partial charge in [0.25, 0.3) is 0 Å². The first-order valence-corrected chi connectivity index (χ1v) is 6.79. The van der Waals surface area contributed by atoms with Crippen molar-refractivity contribution in [2.24, 2.45) is 0 Å². The monoisotopic (exact) mass is 284 g/mol. The molecule has 1 saturated heterocycles. The molecule has 0 amide bonds. The van der Waals surface area contributed by atoms with Crippen LogP contribution >= 0.6 is 11.6 Å². The van der Waals surface area contributed by atoms with Crippen LogP contribution in [0.25, 0.3) is 0 Å². The number of carbonyl (C=O) groups is 1. The van der Waals surface area contributed by atoms with Crippen molar-refractivity contribution in [1.29, 1.82) is 0 Å². The smallest absolute Gasteiger partial charge is 0.337 e. The van der Waals surface area contributed by atoms with Gasteiger partial charge in [-0.2, -0.15) is 0 Å². The van der Waals surface area contributed by atoms with E-state index < -0.39 is 5.97 Å². The highest BCUT2D eigenvalue weighted by molar-refractivity contribution is 6.33. The molecule has 0 aliphatic carbocycles. The van der Waals surface area contributed by atoms with E-state index in [0.717, 1.165) is 25.9 Å². The van der Waals surface area contributed by atoms with E-state index >= 15 is 0 Å². The summed E-state index contributed by atoms with van der Waals surface area (Å²) in [5.41, 5.74) is 0.0630. The molecule has 104 valence electrons. The molecule has 1 aliphatic heterocycles. The molecule has 2 rings (SSSR count). The van der Waals surface area contributed by atoms with E-state index in [-0.39, 0.29) is 10.6 Å². The van der Waals surface area contributed by atoms with Gasteiger partial charge in [-0.3, -0.25) is 0 Å². The molecular weight excluding hydrogens is 268 g/mol. The molecule has 0 aromatic carbocycles. The number of nitrogens with one attached hydrogen (secondary N) is 1. The number of anilines is 1. The number of hydrogen-bond acceptors (Lipinski definition) is 4. The SMILES string of the molecule is O=C(O)c1cc(NCCC2CCCCO2)ncc1Cl. The van der Waals surface area contributed by atoms with E-state index in [4.69, 9.17) is 21.4 Å². The topological polar surface area (TPSA) is 71.5 Å². The van der Waals surface area contributed by atoms with Gasteiger partial charge in [-0.25, -0.2) is 9.78 Å². The summed E-state index contributed by atoms with van der Waals surface area (Å²) >= 11 is 5.76. The van der Waals surface area contributed by atoms with Crippen molar-refractivity contribution in [2.45, 2.75) is 31.8 Å². The summed E-state index contributed by atoms with van der Waals surface area (Å²) in [5.74, 6) is -0.524. The highest BCUT2D eigenvalue weighted by atomic mass is 35.5. The predicted molar refractivity (Wildman–Crippen MR) is 72.9 cm³/mol. The summed E-state index contributed by atoms with van der Waals surface area (Å²) in [4.78, 5) is 15.0. The summed E-state index contributed by atoms with van der Waals surface area (Å²) in [6, 6.07) is 1.45. The Morgan fingerprint density at radius 1 is 1.58 bits per heavy atom. The summed E-state index contributed by atoms with van der Waals surface area (Å²) in [5, 5.41) is 12.2. The maximum Gasteiger partial charge on any atom is 0.337 e. The Bertz CT molecular complexity index is 448. The van der Waals surface area contributed by atoms with Crippen LogP contribution in [0, 0.1) is 0 Å². The molecule has 2 heterocycles. The molecule has 2 N–H and O–H groups in total. The van der Waals surface area contributed by atoms with Gasteiger partial charge in [-0.05, 0) is 31.7 Å². The van der Waals surface area contributed by atoms with E-state index in [1.807, 2.05) is 0 Å². The molecule has 6 heteroatoms. The van der Waals surface area contributed by atoms with Crippen molar-refractivity contribution < 1.29 is 14.6 Å². The summed E-state index contributed by atoms with van der Waals surface area (Å²) in [6.07, 6.45) is 6.00. The number of carboxylic acid groups (broad SMARTS) is 1. The van der Waals surface area contributed by atoms with Crippen LogP contribution in [-0.2, 0) is 4.74 Å². The highest BCUT2D eigenvalue weighted by Crippen LogP contribution is 2.19. The Morgan fingerprint density at radius 3 is 3.11 bits per heavy atom. The van der Waals surface area contributed by atoms with E-state index in [1.54, 1.807) is 0 Å². The van der Waals surface area contributed by atoms with Crippen molar-refractivity contribution in [1.82, 2.24) is 4.98 Å². The number of hydrogen-bond donors (Lipinski definition) is 2. The van der Waals surface area contributed by atoms with Crippen LogP contribution in [0.1, 0.15) is 36.0 Å². The number of ether oxygens (including phenoxy) is 1. The first-order valence-electron chi connectivity index (χ1n) is 6.41. The van der Waals surface area contributed by atoms with Gasteiger partial charge in [0.2, 0.25) is 0 Å². The number of rotatable bonds is 5. The molecule has 0 saturated carbocycles. The van der Waals surface area contributed by atoms with Gasteiger partial charge in [0.1, 0.15) is 5.82 Å². The van der Waals surface area contributed by atoms with Gasteiger partial charge in [0.05, 0.1) is 16.7 Å². The third kappa shape index (κ3) is 4.08. The van der Waals surface area contributed by atoms with Crippen LogP contribution in [0.3, 0.4) is 0 Å². The molecule has 1 atom stereocenters. The van der Waals surface area contributed by atoms with E-state index in [9.17, 15) is 4.79 Å². The third-order valence-electron chi connectivity index (χ3n) is 3.13. The zero-order valence-electron chi connectivity index (χ0n) is 10.6. The van der Waals surface area contributed by atoms with Crippen molar-refractivity contribution in [3.63, 3.8) is 0 Å². The molecular formula is C13H17ClN2O3. The maximum absolute atomic E-state index is 10.9. The second kappa shape index (κ2) is 6.73. The second-order valence-electron chi connectivity index (χ2n) is 4.56. The minimum absolute atomic E-state index is 0.0630. The lowest BCUT2D eigenvalue weighted by Crippen LogP contribution is -2.22. The molecule has 5 nitrogen and oxygen atoms in total. The Labute approximate surface area is 116 Å². The molecule has 1 aliphatic rings. The Kier molecular flexibility index (Phi) is 4.99. The molecule has 1 aromatic rings. The lowest BCUT2D eigenvalue weighted by Gasteiger charge is -2.22. The number of nitrogens with zero attached hydrogens (tertiary/aromatic N) is 1. The van der Waals surface area contributed by atoms with Crippen molar-refractivity contribution in [3.05, 3.63) is 22.8 Å². The molecule has 19 heavy (non-hydrogen) atoms. The van der Waals surface area contributed by atoms with Crippen LogP contribution in [0.5, 0.6) is 0 Å². The number of halogens is 1. The molecule has 1 fully saturated rings. The zero-order chi connectivity index (χ0) is 13.7. The minimum atomic E-state index is -1.05. The van der Waals surface area contributed by atoms with Crippen LogP contribution in [-0.4, -0.2) is 35.3 Å². The van der Waals surface area contributed by atoms with E-state index in [0.29, 0.717) is 18.5 Å². The third-order valence-corrected chi connectivity index (χ3v) is 3.43. The Hall–Kier alpha value is -1.33. The predicted octanol–water partition coefficient (Wildman–Crippen LogP) is 2.80. The van der Waals surface area contributed by atoms with Crippen LogP contribution in [0.2, 0.25) is 5.02 Å². The average molecular weight is 285 g/mol. The van der Waals surface area contributed by atoms with Gasteiger partial charge in [0, 0.05) is 19.3 Å². The van der Waals surface area contributed by atoms with Crippen LogP contribution in [0.4, 0.5) is 5.82 Å². The van der Waals surface area contributed by atoms with Gasteiger partial charge in [-0.15, -0.1) is 0 Å². The lowest BCUT2D eigenvalue weighted by molar-refractivity contribution is 0.0134. The fourth-order valence-corrected chi connectivity index (χ4v) is 2.28. The van der Waals surface area contributed by atoms with Crippen molar-refractivity contribution in [3.8, 4) is 0 Å². The number of aromatic carboxylic acids is 1. The lowest BCUT2D eigenvalue weighted by atomic mass is 10.1. The molecule has 1 aromatic heterocycles. The second-order valence-corrected chi connectivity index (χ2v) is 4.97. The normalized spacial score (nSPS) is 19.1. The van der Waals surface area contributed by atoms with Gasteiger partial charge >= 0.3 is 5.97 Å². The van der Waals surface area contributed by atoms with Crippen LogP contribution < -0.4 is 5.32 Å². The zero-order valence-corrected chi connectivity index (χ0v) is 11.3. The van der Waals surface area contributed by atoms with E-state index in [2.05, 4.69) is 10.3 Å². The van der Waals surface area contributed by atoms with Crippen molar-refractivity contribution in [2.75, 3.05) is 18.5 Å². The van der Waals surface area contributed by atoms with Crippen molar-refractivity contribution >= 4 is 23.4 Å². The number of carboxylic acids is 1. The van der Waals surface area contributed by atoms with E-state index in [1.165, 1.54) is 18.7 Å². The summed E-state index contributed by atoms with van der Waals surface area (Å²) in [7, 11) is 0. The first-order chi connectivity index (χ1) is 9.16. The number of pyridine rings is 1. The van der Waals surface area contributed by atoms with Crippen LogP contribution in [0.15, 0.2) is 12.3 Å².